The molecule has 6 nitrogen and oxygen atoms in total. The lowest BCUT2D eigenvalue weighted by atomic mass is 10.1. The number of esters is 2. The predicted octanol–water partition coefficient (Wildman–Crippen LogP) is 2.24. The van der Waals surface area contributed by atoms with Crippen LogP contribution in [0, 0.1) is 0 Å². The van der Waals surface area contributed by atoms with Crippen LogP contribution in [-0.4, -0.2) is 46.6 Å². The Labute approximate surface area is 143 Å². The quantitative estimate of drug-likeness (QED) is 0.588. The summed E-state index contributed by atoms with van der Waals surface area (Å²) in [6.07, 6.45) is 7.24. The number of aliphatic hydroxyl groups is 2. The predicted molar refractivity (Wildman–Crippen MR) is 87.2 cm³/mol. The second-order valence-electron chi connectivity index (χ2n) is 6.99. The Morgan fingerprint density at radius 1 is 0.625 bits per heavy atom. The van der Waals surface area contributed by atoms with Crippen LogP contribution in [0.1, 0.15) is 77.0 Å². The summed E-state index contributed by atoms with van der Waals surface area (Å²) in [6, 6.07) is 0. The summed E-state index contributed by atoms with van der Waals surface area (Å²) in [4.78, 5) is 24.0. The molecule has 2 fully saturated rings. The molecular formula is C18H30O6. The van der Waals surface area contributed by atoms with Crippen molar-refractivity contribution in [3.05, 3.63) is 0 Å². The van der Waals surface area contributed by atoms with Crippen LogP contribution in [0.25, 0.3) is 0 Å². The van der Waals surface area contributed by atoms with Gasteiger partial charge in [-0.05, 0) is 51.4 Å². The molecular weight excluding hydrogens is 312 g/mol. The maximum Gasteiger partial charge on any atom is 0.338 e. The molecule has 0 aromatic rings. The summed E-state index contributed by atoms with van der Waals surface area (Å²) < 4.78 is 10.5. The average Bonchev–Trinajstić information content (AvgIpc) is 2.98. The zero-order valence-corrected chi connectivity index (χ0v) is 14.3. The van der Waals surface area contributed by atoms with Crippen LogP contribution in [0.15, 0.2) is 0 Å². The number of hydrogen-bond donors (Lipinski definition) is 2. The lowest BCUT2D eigenvalue weighted by Gasteiger charge is -2.22. The van der Waals surface area contributed by atoms with Gasteiger partial charge in [0.1, 0.15) is 12.2 Å². The van der Waals surface area contributed by atoms with E-state index in [0.717, 1.165) is 77.0 Å². The SMILES string of the molecule is O=C(OC1CCCCCC1)[C@H](O)[C@@H](O)C(=O)OC1CCCCCC1. The Kier molecular flexibility index (Phi) is 7.99. The van der Waals surface area contributed by atoms with Crippen molar-refractivity contribution < 1.29 is 29.3 Å². The van der Waals surface area contributed by atoms with Crippen molar-refractivity contribution in [2.24, 2.45) is 0 Å². The van der Waals surface area contributed by atoms with Crippen LogP contribution < -0.4 is 0 Å². The number of carbonyl (C=O) groups is 2. The van der Waals surface area contributed by atoms with Crippen LogP contribution >= 0.6 is 0 Å². The highest BCUT2D eigenvalue weighted by Crippen LogP contribution is 2.22. The van der Waals surface area contributed by atoms with Gasteiger partial charge in [-0.15, -0.1) is 0 Å². The van der Waals surface area contributed by atoms with Gasteiger partial charge < -0.3 is 19.7 Å². The minimum Gasteiger partial charge on any atom is -0.460 e. The highest BCUT2D eigenvalue weighted by atomic mass is 16.6. The lowest BCUT2D eigenvalue weighted by molar-refractivity contribution is -0.179. The van der Waals surface area contributed by atoms with Crippen molar-refractivity contribution in [1.29, 1.82) is 0 Å². The molecule has 0 unspecified atom stereocenters. The molecule has 0 aromatic carbocycles. The summed E-state index contributed by atoms with van der Waals surface area (Å²) in [5.74, 6) is -1.88. The highest BCUT2D eigenvalue weighted by molar-refractivity contribution is 5.85. The second kappa shape index (κ2) is 9.99. The zero-order chi connectivity index (χ0) is 17.4. The van der Waals surface area contributed by atoms with Gasteiger partial charge in [0.2, 0.25) is 0 Å². The number of rotatable bonds is 5. The number of carbonyl (C=O) groups excluding carboxylic acids is 2. The summed E-state index contributed by atoms with van der Waals surface area (Å²) in [7, 11) is 0. The first-order chi connectivity index (χ1) is 11.6. The molecule has 0 bridgehead atoms. The Morgan fingerprint density at radius 3 is 1.21 bits per heavy atom. The van der Waals surface area contributed by atoms with E-state index in [4.69, 9.17) is 9.47 Å². The first kappa shape index (κ1) is 19.2. The molecule has 2 aliphatic rings. The molecule has 0 heterocycles. The van der Waals surface area contributed by atoms with E-state index >= 15 is 0 Å². The molecule has 2 aliphatic carbocycles. The van der Waals surface area contributed by atoms with Crippen molar-refractivity contribution in [2.75, 3.05) is 0 Å². The van der Waals surface area contributed by atoms with Crippen molar-refractivity contribution in [3.63, 3.8) is 0 Å². The van der Waals surface area contributed by atoms with Gasteiger partial charge in [-0.25, -0.2) is 9.59 Å². The molecule has 0 amide bonds. The molecule has 2 saturated carbocycles. The van der Waals surface area contributed by atoms with E-state index < -0.39 is 24.1 Å². The first-order valence-electron chi connectivity index (χ1n) is 9.35. The van der Waals surface area contributed by atoms with E-state index in [-0.39, 0.29) is 12.2 Å². The van der Waals surface area contributed by atoms with Crippen LogP contribution in [0.2, 0.25) is 0 Å². The van der Waals surface area contributed by atoms with Crippen LogP contribution in [-0.2, 0) is 19.1 Å². The third-order valence-corrected chi connectivity index (χ3v) is 4.95. The molecule has 6 heteroatoms. The smallest absolute Gasteiger partial charge is 0.338 e. The minimum absolute atomic E-state index is 0.236. The molecule has 0 saturated heterocycles. The van der Waals surface area contributed by atoms with E-state index in [1.807, 2.05) is 0 Å². The molecule has 2 rings (SSSR count). The molecule has 0 spiro atoms. The molecule has 0 aliphatic heterocycles. The Bertz CT molecular complexity index is 356. The number of aliphatic hydroxyl groups excluding tert-OH is 2. The summed E-state index contributed by atoms with van der Waals surface area (Å²) in [5, 5.41) is 19.8. The van der Waals surface area contributed by atoms with E-state index in [1.165, 1.54) is 0 Å². The average molecular weight is 342 g/mol. The largest absolute Gasteiger partial charge is 0.460 e. The summed E-state index contributed by atoms with van der Waals surface area (Å²) >= 11 is 0. The fraction of sp³-hybridized carbons (Fsp3) is 0.889. The standard InChI is InChI=1S/C18H30O6/c19-15(17(21)23-13-9-5-1-2-6-10-13)16(20)18(22)24-14-11-7-3-4-8-12-14/h13-16,19-20H,1-12H2/t15-,16-/m1/s1. The van der Waals surface area contributed by atoms with Crippen LogP contribution in [0.3, 0.4) is 0 Å². The molecule has 138 valence electrons. The normalized spacial score (nSPS) is 23.6. The van der Waals surface area contributed by atoms with Gasteiger partial charge in [0.15, 0.2) is 12.2 Å². The van der Waals surface area contributed by atoms with Crippen molar-refractivity contribution in [3.8, 4) is 0 Å². The van der Waals surface area contributed by atoms with E-state index in [1.54, 1.807) is 0 Å². The van der Waals surface area contributed by atoms with Gasteiger partial charge in [-0.2, -0.15) is 0 Å². The topological polar surface area (TPSA) is 93.1 Å². The Hall–Kier alpha value is -1.14. The van der Waals surface area contributed by atoms with Gasteiger partial charge in [-0.3, -0.25) is 0 Å². The number of hydrogen-bond acceptors (Lipinski definition) is 6. The summed E-state index contributed by atoms with van der Waals surface area (Å²) in [6.45, 7) is 0. The minimum atomic E-state index is -1.88. The van der Waals surface area contributed by atoms with Gasteiger partial charge in [-0.1, -0.05) is 25.7 Å². The van der Waals surface area contributed by atoms with E-state index in [0.29, 0.717) is 0 Å². The third-order valence-electron chi connectivity index (χ3n) is 4.95. The van der Waals surface area contributed by atoms with Crippen LogP contribution in [0.4, 0.5) is 0 Å². The molecule has 2 N–H and O–H groups in total. The van der Waals surface area contributed by atoms with Gasteiger partial charge >= 0.3 is 11.9 Å². The number of ether oxygens (including phenoxy) is 2. The lowest BCUT2D eigenvalue weighted by Crippen LogP contribution is -2.43. The zero-order valence-electron chi connectivity index (χ0n) is 14.3. The summed E-state index contributed by atoms with van der Waals surface area (Å²) in [5.41, 5.74) is 0. The van der Waals surface area contributed by atoms with Crippen molar-refractivity contribution in [2.45, 2.75) is 101 Å². The molecule has 0 aromatic heterocycles. The highest BCUT2D eigenvalue weighted by Gasteiger charge is 2.35. The monoisotopic (exact) mass is 342 g/mol. The molecule has 0 radical (unpaired) electrons. The van der Waals surface area contributed by atoms with Crippen molar-refractivity contribution >= 4 is 11.9 Å². The van der Waals surface area contributed by atoms with E-state index in [9.17, 15) is 19.8 Å². The van der Waals surface area contributed by atoms with Crippen LogP contribution in [0.5, 0.6) is 0 Å². The van der Waals surface area contributed by atoms with Crippen molar-refractivity contribution in [1.82, 2.24) is 0 Å². The van der Waals surface area contributed by atoms with E-state index in [2.05, 4.69) is 0 Å². The fourth-order valence-electron chi connectivity index (χ4n) is 3.45. The Morgan fingerprint density at radius 2 is 0.917 bits per heavy atom. The van der Waals surface area contributed by atoms with Gasteiger partial charge in [0.25, 0.3) is 0 Å². The second-order valence-corrected chi connectivity index (χ2v) is 6.99. The third kappa shape index (κ3) is 6.06. The van der Waals surface area contributed by atoms with Gasteiger partial charge in [0.05, 0.1) is 0 Å². The first-order valence-corrected chi connectivity index (χ1v) is 9.35. The van der Waals surface area contributed by atoms with Gasteiger partial charge in [0, 0.05) is 0 Å². The molecule has 2 atom stereocenters. The maximum absolute atomic E-state index is 12.0. The fourth-order valence-corrected chi connectivity index (χ4v) is 3.45. The maximum atomic E-state index is 12.0. The molecule has 24 heavy (non-hydrogen) atoms. The Balaban J connectivity index is 1.79.